The van der Waals surface area contributed by atoms with Crippen LogP contribution in [0.2, 0.25) is 0 Å². The molecule has 0 fully saturated rings. The highest BCUT2D eigenvalue weighted by molar-refractivity contribution is 5.69. The van der Waals surface area contributed by atoms with Crippen LogP contribution in [0.4, 0.5) is 0 Å². The van der Waals surface area contributed by atoms with Gasteiger partial charge >= 0.3 is 11.9 Å². The number of rotatable bonds is 22. The third-order valence-corrected chi connectivity index (χ3v) is 5.27. The zero-order valence-electron chi connectivity index (χ0n) is 21.4. The standard InChI is InChI=1S/C26H50N2O4/c1-27(2)21-23-31-25(29)19-17-15-13-11-9-7-5-6-8-10-12-14-16-18-20-26(30)32-24-22-28(3)4/h5-6H,7-24H2,1-4H3/b6-5+. The van der Waals surface area contributed by atoms with Crippen molar-refractivity contribution in [2.45, 2.75) is 89.9 Å². The van der Waals surface area contributed by atoms with E-state index in [1.165, 1.54) is 38.5 Å². The number of hydrogen-bond donors (Lipinski definition) is 0. The minimum absolute atomic E-state index is 0.0621. The molecule has 0 aromatic heterocycles. The summed E-state index contributed by atoms with van der Waals surface area (Å²) in [6.45, 7) is 2.56. The summed E-state index contributed by atoms with van der Waals surface area (Å²) in [7, 11) is 7.90. The Kier molecular flexibility index (Phi) is 21.8. The van der Waals surface area contributed by atoms with E-state index in [0.29, 0.717) is 26.1 Å². The van der Waals surface area contributed by atoms with E-state index in [1.807, 2.05) is 38.0 Å². The van der Waals surface area contributed by atoms with Crippen molar-refractivity contribution in [2.75, 3.05) is 54.5 Å². The number of nitrogens with zero attached hydrogens (tertiary/aromatic N) is 2. The van der Waals surface area contributed by atoms with Crippen LogP contribution >= 0.6 is 0 Å². The number of carbonyl (C=O) groups is 2. The van der Waals surface area contributed by atoms with Crippen molar-refractivity contribution in [1.29, 1.82) is 0 Å². The summed E-state index contributed by atoms with van der Waals surface area (Å²) in [4.78, 5) is 27.2. The summed E-state index contributed by atoms with van der Waals surface area (Å²) in [5.41, 5.74) is 0. The second-order valence-corrected chi connectivity index (χ2v) is 9.13. The zero-order valence-corrected chi connectivity index (χ0v) is 21.4. The SMILES string of the molecule is CN(C)CCOC(=O)CCCCCCC/C=C/CCCCCCCC(=O)OCCN(C)C. The van der Waals surface area contributed by atoms with Crippen LogP contribution in [-0.2, 0) is 19.1 Å². The predicted octanol–water partition coefficient (Wildman–Crippen LogP) is 5.21. The topological polar surface area (TPSA) is 59.1 Å². The molecular weight excluding hydrogens is 404 g/mol. The van der Waals surface area contributed by atoms with Gasteiger partial charge < -0.3 is 19.3 Å². The first kappa shape index (κ1) is 30.6. The molecule has 188 valence electrons. The highest BCUT2D eigenvalue weighted by Crippen LogP contribution is 2.10. The van der Waals surface area contributed by atoms with Gasteiger partial charge in [-0.15, -0.1) is 0 Å². The Morgan fingerprint density at radius 3 is 1.28 bits per heavy atom. The molecule has 0 atom stereocenters. The number of hydrogen-bond acceptors (Lipinski definition) is 6. The van der Waals surface area contributed by atoms with E-state index in [-0.39, 0.29) is 11.9 Å². The van der Waals surface area contributed by atoms with Crippen LogP contribution in [-0.4, -0.2) is 76.2 Å². The van der Waals surface area contributed by atoms with Crippen molar-refractivity contribution < 1.29 is 19.1 Å². The first-order chi connectivity index (χ1) is 15.4. The number of ether oxygens (including phenoxy) is 2. The highest BCUT2D eigenvalue weighted by Gasteiger charge is 2.03. The molecule has 0 aliphatic carbocycles. The van der Waals surface area contributed by atoms with Crippen LogP contribution < -0.4 is 0 Å². The molecule has 0 rings (SSSR count). The smallest absolute Gasteiger partial charge is 0.305 e. The Morgan fingerprint density at radius 2 is 0.906 bits per heavy atom. The van der Waals surface area contributed by atoms with Gasteiger partial charge in [0.25, 0.3) is 0 Å². The van der Waals surface area contributed by atoms with Gasteiger partial charge in [-0.2, -0.15) is 0 Å². The first-order valence-corrected chi connectivity index (χ1v) is 12.7. The van der Waals surface area contributed by atoms with Gasteiger partial charge in [-0.25, -0.2) is 0 Å². The van der Waals surface area contributed by atoms with Gasteiger partial charge in [-0.1, -0.05) is 50.7 Å². The van der Waals surface area contributed by atoms with Crippen LogP contribution in [0, 0.1) is 0 Å². The monoisotopic (exact) mass is 454 g/mol. The second kappa shape index (κ2) is 22.8. The van der Waals surface area contributed by atoms with Gasteiger partial charge in [0.15, 0.2) is 0 Å². The Bertz CT molecular complexity index is 436. The van der Waals surface area contributed by atoms with Gasteiger partial charge in [-0.05, 0) is 66.7 Å². The minimum atomic E-state index is -0.0621. The van der Waals surface area contributed by atoms with E-state index in [4.69, 9.17) is 9.47 Å². The van der Waals surface area contributed by atoms with E-state index >= 15 is 0 Å². The fourth-order valence-corrected chi connectivity index (χ4v) is 3.19. The third kappa shape index (κ3) is 24.9. The normalized spacial score (nSPS) is 11.6. The van der Waals surface area contributed by atoms with Crippen molar-refractivity contribution in [3.63, 3.8) is 0 Å². The molecule has 0 amide bonds. The van der Waals surface area contributed by atoms with E-state index in [0.717, 1.165) is 51.6 Å². The molecule has 0 aliphatic rings. The van der Waals surface area contributed by atoms with Gasteiger partial charge in [0.05, 0.1) is 0 Å². The number of carbonyl (C=O) groups excluding carboxylic acids is 2. The number of esters is 2. The van der Waals surface area contributed by atoms with Gasteiger partial charge in [0.1, 0.15) is 13.2 Å². The van der Waals surface area contributed by atoms with E-state index < -0.39 is 0 Å². The minimum Gasteiger partial charge on any atom is -0.464 e. The summed E-state index contributed by atoms with van der Waals surface area (Å²) < 4.78 is 10.4. The lowest BCUT2D eigenvalue weighted by molar-refractivity contribution is -0.145. The van der Waals surface area contributed by atoms with Crippen molar-refractivity contribution in [2.24, 2.45) is 0 Å². The molecular formula is C26H50N2O4. The van der Waals surface area contributed by atoms with Gasteiger partial charge in [0.2, 0.25) is 0 Å². The van der Waals surface area contributed by atoms with Crippen molar-refractivity contribution in [3.8, 4) is 0 Å². The molecule has 32 heavy (non-hydrogen) atoms. The number of unbranched alkanes of at least 4 members (excludes halogenated alkanes) is 10. The largest absolute Gasteiger partial charge is 0.464 e. The Balaban J connectivity index is 3.28. The summed E-state index contributed by atoms with van der Waals surface area (Å²) >= 11 is 0. The molecule has 0 heterocycles. The Hall–Kier alpha value is -1.40. The molecule has 0 bridgehead atoms. The summed E-state index contributed by atoms with van der Waals surface area (Å²) in [5, 5.41) is 0. The maximum atomic E-state index is 11.6. The van der Waals surface area contributed by atoms with Crippen LogP contribution in [0.15, 0.2) is 12.2 Å². The van der Waals surface area contributed by atoms with Crippen molar-refractivity contribution in [3.05, 3.63) is 12.2 Å². The maximum absolute atomic E-state index is 11.6. The molecule has 6 nitrogen and oxygen atoms in total. The fraction of sp³-hybridized carbons (Fsp3) is 0.846. The summed E-state index contributed by atoms with van der Waals surface area (Å²) in [6, 6.07) is 0. The van der Waals surface area contributed by atoms with E-state index in [9.17, 15) is 9.59 Å². The summed E-state index contributed by atoms with van der Waals surface area (Å²) in [6.07, 6.45) is 19.5. The first-order valence-electron chi connectivity index (χ1n) is 12.7. The Labute approximate surface area is 197 Å². The average molecular weight is 455 g/mol. The van der Waals surface area contributed by atoms with E-state index in [2.05, 4.69) is 12.2 Å². The lowest BCUT2D eigenvalue weighted by Gasteiger charge is -2.09. The molecule has 0 spiro atoms. The quantitative estimate of drug-likeness (QED) is 0.127. The van der Waals surface area contributed by atoms with Crippen molar-refractivity contribution >= 4 is 11.9 Å². The molecule has 0 radical (unpaired) electrons. The number of allylic oxidation sites excluding steroid dienone is 2. The molecule has 0 N–H and O–H groups in total. The lowest BCUT2D eigenvalue weighted by Crippen LogP contribution is -2.20. The average Bonchev–Trinajstić information content (AvgIpc) is 2.72. The van der Waals surface area contributed by atoms with Gasteiger partial charge in [-0.3, -0.25) is 9.59 Å². The predicted molar refractivity (Wildman–Crippen MR) is 133 cm³/mol. The lowest BCUT2D eigenvalue weighted by atomic mass is 10.1. The third-order valence-electron chi connectivity index (χ3n) is 5.27. The molecule has 0 aromatic rings. The molecule has 0 aromatic carbocycles. The Morgan fingerprint density at radius 1 is 0.562 bits per heavy atom. The van der Waals surface area contributed by atoms with Crippen LogP contribution in [0.1, 0.15) is 89.9 Å². The molecule has 6 heteroatoms. The molecule has 0 saturated heterocycles. The van der Waals surface area contributed by atoms with E-state index in [1.54, 1.807) is 0 Å². The zero-order chi connectivity index (χ0) is 23.9. The fourth-order valence-electron chi connectivity index (χ4n) is 3.19. The molecule has 0 saturated carbocycles. The number of likely N-dealkylation sites (N-methyl/N-ethyl adjacent to an activating group) is 2. The van der Waals surface area contributed by atoms with Crippen LogP contribution in [0.5, 0.6) is 0 Å². The highest BCUT2D eigenvalue weighted by atomic mass is 16.5. The van der Waals surface area contributed by atoms with Crippen LogP contribution in [0.25, 0.3) is 0 Å². The van der Waals surface area contributed by atoms with Crippen LogP contribution in [0.3, 0.4) is 0 Å². The maximum Gasteiger partial charge on any atom is 0.305 e. The van der Waals surface area contributed by atoms with Gasteiger partial charge in [0, 0.05) is 25.9 Å². The second-order valence-electron chi connectivity index (χ2n) is 9.13. The molecule has 0 unspecified atom stereocenters. The molecule has 0 aliphatic heterocycles. The summed E-state index contributed by atoms with van der Waals surface area (Å²) in [5.74, 6) is -0.124. The van der Waals surface area contributed by atoms with Crippen molar-refractivity contribution in [1.82, 2.24) is 9.80 Å².